The van der Waals surface area contributed by atoms with Crippen molar-refractivity contribution in [2.45, 2.75) is 29.4 Å². The third-order valence-corrected chi connectivity index (χ3v) is 8.67. The van der Waals surface area contributed by atoms with Gasteiger partial charge in [0.2, 0.25) is 0 Å². The van der Waals surface area contributed by atoms with Crippen LogP contribution in [0.3, 0.4) is 0 Å². The molecular formula is C25H22BrNO5S2. The summed E-state index contributed by atoms with van der Waals surface area (Å²) < 4.78 is 34.6. The van der Waals surface area contributed by atoms with E-state index in [0.29, 0.717) is 9.86 Å². The molecule has 1 aromatic heterocycles. The molecule has 34 heavy (non-hydrogen) atoms. The van der Waals surface area contributed by atoms with Gasteiger partial charge in [0, 0.05) is 16.0 Å². The minimum absolute atomic E-state index is 0.0977. The predicted octanol–water partition coefficient (Wildman–Crippen LogP) is 6.12. The SMILES string of the molecule is CCOC(=O)c1c(CSc2ccccc2)n(S(=O)(=O)c2ccc(C)cc2)c2cc(Br)c(O)cc12. The molecular weight excluding hydrogens is 538 g/mol. The molecule has 4 aromatic rings. The zero-order valence-corrected chi connectivity index (χ0v) is 21.7. The van der Waals surface area contributed by atoms with Gasteiger partial charge in [-0.2, -0.15) is 0 Å². The number of thioether (sulfide) groups is 1. The van der Waals surface area contributed by atoms with Crippen molar-refractivity contribution >= 4 is 54.6 Å². The molecule has 1 N–H and O–H groups in total. The van der Waals surface area contributed by atoms with E-state index in [1.54, 1.807) is 31.2 Å². The fourth-order valence-electron chi connectivity index (χ4n) is 3.64. The molecule has 0 saturated carbocycles. The van der Waals surface area contributed by atoms with Gasteiger partial charge in [-0.25, -0.2) is 17.2 Å². The molecule has 0 fully saturated rings. The van der Waals surface area contributed by atoms with E-state index in [1.165, 1.54) is 27.9 Å². The van der Waals surface area contributed by atoms with Gasteiger partial charge in [-0.15, -0.1) is 11.8 Å². The highest BCUT2D eigenvalue weighted by atomic mass is 79.9. The van der Waals surface area contributed by atoms with Crippen molar-refractivity contribution < 1.29 is 23.1 Å². The molecule has 1 heterocycles. The Morgan fingerprint density at radius 1 is 1.09 bits per heavy atom. The van der Waals surface area contributed by atoms with E-state index < -0.39 is 16.0 Å². The van der Waals surface area contributed by atoms with Crippen molar-refractivity contribution in [3.05, 3.63) is 88.0 Å². The third kappa shape index (κ3) is 4.60. The summed E-state index contributed by atoms with van der Waals surface area (Å²) in [6, 6.07) is 19.0. The monoisotopic (exact) mass is 559 g/mol. The second kappa shape index (κ2) is 9.85. The molecule has 0 spiro atoms. The maximum atomic E-state index is 13.9. The van der Waals surface area contributed by atoms with E-state index in [0.717, 1.165) is 10.5 Å². The number of carbonyl (C=O) groups is 1. The van der Waals surface area contributed by atoms with Crippen molar-refractivity contribution in [2.24, 2.45) is 0 Å². The Morgan fingerprint density at radius 2 is 1.76 bits per heavy atom. The number of aryl methyl sites for hydroxylation is 1. The van der Waals surface area contributed by atoms with E-state index in [1.807, 2.05) is 37.3 Å². The summed E-state index contributed by atoms with van der Waals surface area (Å²) in [6.07, 6.45) is 0. The summed E-state index contributed by atoms with van der Waals surface area (Å²) in [6.45, 7) is 3.69. The van der Waals surface area contributed by atoms with Crippen LogP contribution in [-0.4, -0.2) is 30.1 Å². The van der Waals surface area contributed by atoms with Gasteiger partial charge in [-0.05, 0) is 66.2 Å². The first-order valence-corrected chi connectivity index (χ1v) is 13.7. The van der Waals surface area contributed by atoms with Crippen LogP contribution in [0, 0.1) is 6.92 Å². The molecule has 3 aromatic carbocycles. The van der Waals surface area contributed by atoms with Gasteiger partial charge in [-0.1, -0.05) is 35.9 Å². The molecule has 6 nitrogen and oxygen atoms in total. The van der Waals surface area contributed by atoms with E-state index in [-0.39, 0.29) is 39.8 Å². The molecule has 9 heteroatoms. The Kier molecular flexibility index (Phi) is 7.06. The molecule has 0 aliphatic rings. The zero-order chi connectivity index (χ0) is 24.5. The van der Waals surface area contributed by atoms with Crippen molar-refractivity contribution in [2.75, 3.05) is 6.61 Å². The van der Waals surface area contributed by atoms with E-state index in [2.05, 4.69) is 15.9 Å². The Balaban J connectivity index is 2.02. The van der Waals surface area contributed by atoms with Crippen molar-refractivity contribution in [1.82, 2.24) is 3.97 Å². The lowest BCUT2D eigenvalue weighted by Gasteiger charge is -2.13. The fourth-order valence-corrected chi connectivity index (χ4v) is 6.53. The summed E-state index contributed by atoms with van der Waals surface area (Å²) in [5.41, 5.74) is 1.60. The second-order valence-corrected chi connectivity index (χ2v) is 11.2. The van der Waals surface area contributed by atoms with Crippen LogP contribution in [0.15, 0.2) is 81.0 Å². The summed E-state index contributed by atoms with van der Waals surface area (Å²) >= 11 is 4.69. The molecule has 0 atom stereocenters. The average molecular weight is 560 g/mol. The number of hydrogen-bond donors (Lipinski definition) is 1. The van der Waals surface area contributed by atoms with Gasteiger partial charge < -0.3 is 9.84 Å². The zero-order valence-electron chi connectivity index (χ0n) is 18.5. The first-order valence-electron chi connectivity index (χ1n) is 10.5. The Morgan fingerprint density at radius 3 is 2.41 bits per heavy atom. The number of aromatic hydroxyl groups is 1. The van der Waals surface area contributed by atoms with Crippen LogP contribution < -0.4 is 0 Å². The average Bonchev–Trinajstić information content (AvgIpc) is 3.12. The number of phenols is 1. The van der Waals surface area contributed by atoms with Crippen molar-refractivity contribution in [1.29, 1.82) is 0 Å². The minimum atomic E-state index is -4.08. The number of halogens is 1. The first kappa shape index (κ1) is 24.4. The van der Waals surface area contributed by atoms with Gasteiger partial charge in [0.15, 0.2) is 0 Å². The number of rotatable bonds is 7. The van der Waals surface area contributed by atoms with Gasteiger partial charge >= 0.3 is 5.97 Å². The van der Waals surface area contributed by atoms with Gasteiger partial charge in [-0.3, -0.25) is 0 Å². The topological polar surface area (TPSA) is 85.6 Å². The van der Waals surface area contributed by atoms with Crippen LogP contribution in [0.25, 0.3) is 10.9 Å². The standard InChI is InChI=1S/C25H22BrNO5S2/c1-3-32-25(29)24-19-13-23(28)20(26)14-21(19)27(22(24)15-33-17-7-5-4-6-8-17)34(30,31)18-11-9-16(2)10-12-18/h4-14,28H,3,15H2,1-2H3. The molecule has 0 unspecified atom stereocenters. The predicted molar refractivity (Wildman–Crippen MR) is 137 cm³/mol. The molecule has 0 radical (unpaired) electrons. The van der Waals surface area contributed by atoms with Crippen molar-refractivity contribution in [3.8, 4) is 5.75 Å². The Labute approximate surface area is 210 Å². The van der Waals surface area contributed by atoms with Crippen LogP contribution in [0.4, 0.5) is 0 Å². The van der Waals surface area contributed by atoms with Crippen LogP contribution >= 0.6 is 27.7 Å². The number of phenolic OH excluding ortho intramolecular Hbond substituents is 1. The van der Waals surface area contributed by atoms with Gasteiger partial charge in [0.05, 0.1) is 32.7 Å². The first-order chi connectivity index (χ1) is 16.2. The maximum absolute atomic E-state index is 13.9. The quantitative estimate of drug-likeness (QED) is 0.217. The lowest BCUT2D eigenvalue weighted by Crippen LogP contribution is -2.17. The summed E-state index contributed by atoms with van der Waals surface area (Å²) in [7, 11) is -4.08. The molecule has 0 saturated heterocycles. The largest absolute Gasteiger partial charge is 0.507 e. The molecule has 0 aliphatic carbocycles. The van der Waals surface area contributed by atoms with E-state index in [4.69, 9.17) is 4.74 Å². The van der Waals surface area contributed by atoms with Gasteiger partial charge in [0.25, 0.3) is 10.0 Å². The summed E-state index contributed by atoms with van der Waals surface area (Å²) in [5.74, 6) is -0.558. The normalized spacial score (nSPS) is 11.6. The smallest absolute Gasteiger partial charge is 0.340 e. The molecule has 4 rings (SSSR count). The number of fused-ring (bicyclic) bond motifs is 1. The fraction of sp³-hybridized carbons (Fsp3) is 0.160. The Hall–Kier alpha value is -2.75. The lowest BCUT2D eigenvalue weighted by molar-refractivity contribution is 0.0527. The minimum Gasteiger partial charge on any atom is -0.507 e. The highest BCUT2D eigenvalue weighted by molar-refractivity contribution is 9.10. The highest BCUT2D eigenvalue weighted by Crippen LogP contribution is 2.39. The van der Waals surface area contributed by atoms with E-state index in [9.17, 15) is 18.3 Å². The van der Waals surface area contributed by atoms with Crippen molar-refractivity contribution in [3.63, 3.8) is 0 Å². The van der Waals surface area contributed by atoms with Crippen LogP contribution in [-0.2, 0) is 20.5 Å². The number of benzene rings is 3. The molecule has 0 amide bonds. The number of esters is 1. The number of nitrogens with zero attached hydrogens (tertiary/aromatic N) is 1. The summed E-state index contributed by atoms with van der Waals surface area (Å²) in [5, 5.41) is 10.7. The van der Waals surface area contributed by atoms with Crippen LogP contribution in [0.2, 0.25) is 0 Å². The van der Waals surface area contributed by atoms with Crippen LogP contribution in [0.1, 0.15) is 28.5 Å². The third-order valence-electron chi connectivity index (χ3n) is 5.24. The lowest BCUT2D eigenvalue weighted by atomic mass is 10.1. The molecule has 176 valence electrons. The number of ether oxygens (including phenoxy) is 1. The second-order valence-electron chi connectivity index (χ2n) is 7.55. The van der Waals surface area contributed by atoms with Gasteiger partial charge in [0.1, 0.15) is 5.75 Å². The number of carbonyl (C=O) groups excluding carboxylic acids is 1. The molecule has 0 bridgehead atoms. The number of aromatic nitrogens is 1. The summed E-state index contributed by atoms with van der Waals surface area (Å²) in [4.78, 5) is 14.1. The Bertz CT molecular complexity index is 1460. The van der Waals surface area contributed by atoms with E-state index >= 15 is 0 Å². The highest BCUT2D eigenvalue weighted by Gasteiger charge is 2.31. The number of hydrogen-bond acceptors (Lipinski definition) is 6. The van der Waals surface area contributed by atoms with Crippen LogP contribution in [0.5, 0.6) is 5.75 Å². The maximum Gasteiger partial charge on any atom is 0.340 e. The molecule has 0 aliphatic heterocycles.